The Morgan fingerprint density at radius 1 is 0.482 bits per heavy atom. The van der Waals surface area contributed by atoms with Crippen molar-refractivity contribution in [2.75, 3.05) is 13.2 Å². The number of hydrogen-bond donors (Lipinski definition) is 1. The van der Waals surface area contributed by atoms with E-state index in [1.54, 1.807) is 79.7 Å². The smallest absolute Gasteiger partial charge is 0.380 e. The first-order chi connectivity index (χ1) is 39.3. The second-order valence-electron chi connectivity index (χ2n) is 20.3. The Morgan fingerprint density at radius 3 is 1.04 bits per heavy atom. The molecule has 8 rings (SSSR count). The maximum Gasteiger partial charge on any atom is 0.380 e. The predicted molar refractivity (Wildman–Crippen MR) is 309 cm³/mol. The molecule has 83 heavy (non-hydrogen) atoms. The average molecular weight is 1200 g/mol. The average Bonchev–Trinajstić information content (AvgIpc) is 3.59. The van der Waals surface area contributed by atoms with E-state index in [9.17, 15) is 41.1 Å². The van der Waals surface area contributed by atoms with Gasteiger partial charge in [-0.05, 0) is 109 Å². The number of esters is 3. The number of alkyl halides is 4. The number of carbonyl (C=O) groups excluding carboxylic acids is 4. The molecule has 2 aliphatic rings. The number of aromatic hydroxyl groups is 1. The first-order valence-electron chi connectivity index (χ1n) is 26.8. The molecule has 1 N–H and O–H groups in total. The molecule has 0 radical (unpaired) electrons. The van der Waals surface area contributed by atoms with E-state index in [-0.39, 0.29) is 50.5 Å². The van der Waals surface area contributed by atoms with Crippen molar-refractivity contribution in [1.29, 1.82) is 0 Å². The number of rotatable bonds is 19. The van der Waals surface area contributed by atoms with E-state index in [0.29, 0.717) is 31.3 Å². The highest BCUT2D eigenvalue weighted by molar-refractivity contribution is 7.94. The minimum atomic E-state index is -5.53. The van der Waals surface area contributed by atoms with Crippen LogP contribution in [0.4, 0.5) is 17.6 Å². The lowest BCUT2D eigenvalue weighted by Crippen LogP contribution is -2.50. The highest BCUT2D eigenvalue weighted by atomic mass is 35.5. The van der Waals surface area contributed by atoms with Crippen molar-refractivity contribution in [2.24, 2.45) is 11.8 Å². The number of phenols is 1. The normalized spacial score (nSPS) is 14.5. The maximum absolute atomic E-state index is 16.1. The molecule has 6 aromatic carbocycles. The van der Waals surface area contributed by atoms with Gasteiger partial charge >= 0.3 is 28.4 Å². The van der Waals surface area contributed by atoms with E-state index in [1.807, 2.05) is 0 Å². The molecule has 0 spiro atoms. The topological polar surface area (TPSA) is 184 Å². The Morgan fingerprint density at radius 2 is 0.759 bits per heavy atom. The van der Waals surface area contributed by atoms with Crippen molar-refractivity contribution in [3.8, 4) is 11.5 Å². The summed E-state index contributed by atoms with van der Waals surface area (Å²) < 4.78 is 131. The van der Waals surface area contributed by atoms with Gasteiger partial charge in [0.1, 0.15) is 11.5 Å². The van der Waals surface area contributed by atoms with Gasteiger partial charge in [-0.1, -0.05) is 197 Å². The van der Waals surface area contributed by atoms with Gasteiger partial charge < -0.3 is 19.3 Å². The van der Waals surface area contributed by atoms with Crippen molar-refractivity contribution < 1.29 is 72.9 Å². The maximum atomic E-state index is 16.1. The van der Waals surface area contributed by atoms with Gasteiger partial charge in [0.05, 0.1) is 11.8 Å². The molecule has 440 valence electrons. The van der Waals surface area contributed by atoms with E-state index in [4.69, 9.17) is 25.8 Å². The number of allylic oxidation sites excluding steroid dienone is 1. The summed E-state index contributed by atoms with van der Waals surface area (Å²) in [6, 6.07) is 41.4. The Kier molecular flexibility index (Phi) is 22.0. The van der Waals surface area contributed by atoms with Crippen LogP contribution in [0.2, 0.25) is 0 Å². The van der Waals surface area contributed by atoms with Gasteiger partial charge in [-0.2, -0.15) is 17.6 Å². The third kappa shape index (κ3) is 14.5. The minimum absolute atomic E-state index is 0.0108. The Balaban J connectivity index is 0.000000244. The molecule has 0 aliphatic heterocycles. The largest absolute Gasteiger partial charge is 0.508 e. The first-order valence-corrected chi connectivity index (χ1v) is 30.1. The SMILES string of the molecule is C=C(C)C(=O)Cl.C=C(C)C(=O)Oc1ccc(C(c2ccccc2)(c2ccccc2)S(=O)(=O)C(F)(F)COC(=O)C2CCCCC2)cc1.O=C(OCC(F)(F)S(=O)(=O)C(c1ccccc1)(c1ccccc1)c1ccc(O)cc1)C1CCCCC1. The van der Waals surface area contributed by atoms with Crippen molar-refractivity contribution >= 4 is 54.4 Å². The van der Waals surface area contributed by atoms with Gasteiger partial charge in [0.15, 0.2) is 22.7 Å². The third-order valence-corrected chi connectivity index (χ3v) is 19.5. The summed E-state index contributed by atoms with van der Waals surface area (Å²) in [6.07, 6.45) is 7.25. The van der Waals surface area contributed by atoms with Gasteiger partial charge in [-0.15, -0.1) is 0 Å². The number of ether oxygens (including phenoxy) is 3. The molecule has 19 heteroatoms. The monoisotopic (exact) mass is 1200 g/mol. The summed E-state index contributed by atoms with van der Waals surface area (Å²) in [5, 5.41) is 0.497. The van der Waals surface area contributed by atoms with Crippen LogP contribution >= 0.6 is 11.6 Å². The zero-order chi connectivity index (χ0) is 60.6. The van der Waals surface area contributed by atoms with Crippen LogP contribution in [0.15, 0.2) is 194 Å². The van der Waals surface area contributed by atoms with Crippen LogP contribution in [0.5, 0.6) is 11.5 Å². The summed E-state index contributed by atoms with van der Waals surface area (Å²) in [6.45, 7) is 6.66. The van der Waals surface area contributed by atoms with Crippen LogP contribution in [0.3, 0.4) is 0 Å². The molecular formula is C64H65ClF4O12S2. The molecule has 2 saturated carbocycles. The molecule has 0 atom stereocenters. The highest BCUT2D eigenvalue weighted by Gasteiger charge is 2.63. The van der Waals surface area contributed by atoms with E-state index in [2.05, 4.69) is 13.2 Å². The second kappa shape index (κ2) is 28.2. The lowest BCUT2D eigenvalue weighted by atomic mass is 9.84. The molecule has 2 fully saturated rings. The molecule has 0 amide bonds. The summed E-state index contributed by atoms with van der Waals surface area (Å²) in [7, 11) is -11.0. The number of hydrogen-bond acceptors (Lipinski definition) is 12. The molecule has 0 aromatic heterocycles. The molecule has 0 unspecified atom stereocenters. The van der Waals surface area contributed by atoms with Gasteiger partial charge in [0, 0.05) is 11.1 Å². The van der Waals surface area contributed by atoms with Gasteiger partial charge in [0.25, 0.3) is 0 Å². The number of sulfone groups is 2. The fourth-order valence-electron chi connectivity index (χ4n) is 10.1. The van der Waals surface area contributed by atoms with Crippen LogP contribution in [-0.2, 0) is 57.8 Å². The number of phenolic OH excluding ortho intramolecular Hbond substituents is 1. The molecule has 12 nitrogen and oxygen atoms in total. The van der Waals surface area contributed by atoms with Crippen molar-refractivity contribution in [2.45, 2.75) is 98.1 Å². The Bertz CT molecular complexity index is 3320. The first kappa shape index (κ1) is 64.8. The van der Waals surface area contributed by atoms with Crippen LogP contribution in [-0.4, -0.2) is 68.8 Å². The summed E-state index contributed by atoms with van der Waals surface area (Å²) in [5.74, 6) is -3.37. The lowest BCUT2D eigenvalue weighted by Gasteiger charge is -2.37. The van der Waals surface area contributed by atoms with Gasteiger partial charge in [-0.3, -0.25) is 14.4 Å². The molecular weight excluding hydrogens is 1140 g/mol. The Hall–Kier alpha value is -7.41. The van der Waals surface area contributed by atoms with Crippen LogP contribution in [0.1, 0.15) is 111 Å². The molecule has 0 saturated heterocycles. The zero-order valence-corrected chi connectivity index (χ0v) is 48.3. The van der Waals surface area contributed by atoms with Crippen LogP contribution < -0.4 is 4.74 Å². The van der Waals surface area contributed by atoms with Crippen molar-refractivity contribution in [1.82, 2.24) is 0 Å². The molecule has 0 bridgehead atoms. The van der Waals surface area contributed by atoms with Gasteiger partial charge in [0.2, 0.25) is 24.9 Å². The summed E-state index contributed by atoms with van der Waals surface area (Å²) >= 11 is 4.87. The fraction of sp³-hybridized carbons (Fsp3) is 0.312. The number of halogens is 5. The van der Waals surface area contributed by atoms with Crippen molar-refractivity contribution in [3.05, 3.63) is 228 Å². The van der Waals surface area contributed by atoms with E-state index in [0.717, 1.165) is 38.5 Å². The zero-order valence-electron chi connectivity index (χ0n) is 45.9. The highest BCUT2D eigenvalue weighted by Crippen LogP contribution is 2.52. The third-order valence-electron chi connectivity index (χ3n) is 14.4. The summed E-state index contributed by atoms with van der Waals surface area (Å²) in [4.78, 5) is 46.9. The lowest BCUT2D eigenvalue weighted by molar-refractivity contribution is -0.156. The van der Waals surface area contributed by atoms with E-state index < -0.39 is 87.9 Å². The van der Waals surface area contributed by atoms with Crippen LogP contribution in [0.25, 0.3) is 0 Å². The molecule has 2 aliphatic carbocycles. The Labute approximate surface area is 487 Å². The predicted octanol–water partition coefficient (Wildman–Crippen LogP) is 13.7. The quantitative estimate of drug-likeness (QED) is 0.0202. The standard InChI is InChI=1S/C32H32F2O6S.C28H28F2O5S.C4H5ClO/c1-23(2)29(35)40-28-20-18-27(19-21-28)32(25-14-8-4-9-15-25,26-16-10-5-11-17-26)41(37,38)31(33,34)22-39-30(36)24-12-6-3-7-13-24;29-27(30,20-35-26(32)21-10-4-1-5-11-21)36(33,34)28(22-12-6-2-7-13-22,23-14-8-3-9-15-23)24-16-18-25(31)19-17-24;1-3(2)4(5)6/h4-5,8-11,14-21,24H,1,3,6-7,12-13,22H2,2H3;2-3,6-9,12-19,21,31H,1,4-5,10-11,20H2;1H2,2H3. The minimum Gasteiger partial charge on any atom is -0.508 e. The van der Waals surface area contributed by atoms with E-state index in [1.165, 1.54) is 104 Å². The summed E-state index contributed by atoms with van der Waals surface area (Å²) in [5.41, 5.74) is 0.880. The fourth-order valence-corrected chi connectivity index (χ4v) is 14.1. The van der Waals surface area contributed by atoms with Crippen molar-refractivity contribution in [3.63, 3.8) is 0 Å². The van der Waals surface area contributed by atoms with Gasteiger partial charge in [-0.25, -0.2) is 21.6 Å². The van der Waals surface area contributed by atoms with E-state index >= 15 is 17.6 Å². The number of benzene rings is 6. The molecule has 6 aromatic rings. The number of carbonyl (C=O) groups is 4. The second-order valence-corrected chi connectivity index (χ2v) is 25.1. The molecule has 0 heterocycles. The van der Waals surface area contributed by atoms with Crippen LogP contribution in [0, 0.1) is 11.8 Å².